The Balaban J connectivity index is 2.75. The van der Waals surface area contributed by atoms with E-state index in [1.54, 1.807) is 12.3 Å². The maximum absolute atomic E-state index is 10.5. The summed E-state index contributed by atoms with van der Waals surface area (Å²) in [5.74, 6) is -0.412. The molecule has 0 aliphatic rings. The molecule has 1 rings (SSSR count). The summed E-state index contributed by atoms with van der Waals surface area (Å²) in [6.45, 7) is 1.93. The summed E-state index contributed by atoms with van der Waals surface area (Å²) in [6, 6.07) is 3.65. The van der Waals surface area contributed by atoms with Crippen molar-refractivity contribution >= 4 is 18.0 Å². The van der Waals surface area contributed by atoms with E-state index in [1.165, 1.54) is 12.4 Å². The molecule has 3 N–H and O–H groups in total. The maximum atomic E-state index is 10.5. The molecule has 0 amide bonds. The lowest BCUT2D eigenvalue weighted by molar-refractivity contribution is -0.136. The van der Waals surface area contributed by atoms with Crippen LogP contribution in [0.2, 0.25) is 0 Å². The molecular weight excluding hydrogens is 206 g/mol. The molecule has 0 bridgehead atoms. The van der Waals surface area contributed by atoms with Crippen LogP contribution in [-0.2, 0) is 4.79 Å². The minimum Gasteiger partial charge on any atom is -0.481 e. The van der Waals surface area contributed by atoms with Crippen molar-refractivity contribution < 1.29 is 9.90 Å². The highest BCUT2D eigenvalue weighted by Crippen LogP contribution is 2.09. The van der Waals surface area contributed by atoms with Gasteiger partial charge in [-0.1, -0.05) is 0 Å². The molecule has 84 valence electrons. The number of carboxylic acids is 1. The number of nitrogens with two attached hydrogens (primary N) is 1. The molecule has 1 aromatic heterocycles. The fraction of sp³-hybridized carbons (Fsp3) is 0.182. The highest BCUT2D eigenvalue weighted by molar-refractivity contribution is 5.87. The summed E-state index contributed by atoms with van der Waals surface area (Å²) in [5, 5.41) is 8.58. The second-order valence-electron chi connectivity index (χ2n) is 3.26. The number of aryl methyl sites for hydroxylation is 1. The number of carbonyl (C=O) groups is 1. The number of nitrogens with zero attached hydrogens (tertiary/aromatic N) is 2. The summed E-state index contributed by atoms with van der Waals surface area (Å²) >= 11 is 0. The first kappa shape index (κ1) is 11.9. The van der Waals surface area contributed by atoms with E-state index in [1.807, 2.05) is 13.0 Å². The van der Waals surface area contributed by atoms with E-state index < -0.39 is 5.97 Å². The van der Waals surface area contributed by atoms with Gasteiger partial charge in [0, 0.05) is 12.4 Å². The number of carboxylic acid groups (broad SMARTS) is 1. The van der Waals surface area contributed by atoms with Gasteiger partial charge in [-0.15, -0.1) is 0 Å². The van der Waals surface area contributed by atoms with Gasteiger partial charge in [-0.25, -0.2) is 9.98 Å². The largest absolute Gasteiger partial charge is 0.481 e. The number of pyridine rings is 1. The molecule has 5 heteroatoms. The van der Waals surface area contributed by atoms with Crippen LogP contribution in [0, 0.1) is 6.92 Å². The number of aliphatic imine (C=N–C) groups is 1. The topological polar surface area (TPSA) is 88.6 Å². The first-order valence-corrected chi connectivity index (χ1v) is 4.71. The second-order valence-corrected chi connectivity index (χ2v) is 3.26. The number of aromatic nitrogens is 1. The first-order valence-electron chi connectivity index (χ1n) is 4.71. The maximum Gasteiger partial charge on any atom is 0.307 e. The van der Waals surface area contributed by atoms with E-state index in [4.69, 9.17) is 10.8 Å². The Hall–Kier alpha value is -2.17. The van der Waals surface area contributed by atoms with Gasteiger partial charge in [-0.3, -0.25) is 4.79 Å². The molecule has 1 aromatic rings. The number of aliphatic carboxylic acids is 1. The predicted octanol–water partition coefficient (Wildman–Crippen LogP) is 1.41. The Morgan fingerprint density at radius 2 is 2.44 bits per heavy atom. The van der Waals surface area contributed by atoms with Crippen molar-refractivity contribution in [2.24, 2.45) is 10.7 Å². The molecule has 0 aliphatic carbocycles. The predicted molar refractivity (Wildman–Crippen MR) is 61.6 cm³/mol. The van der Waals surface area contributed by atoms with Gasteiger partial charge in [-0.05, 0) is 36.4 Å². The number of rotatable bonds is 4. The van der Waals surface area contributed by atoms with Gasteiger partial charge >= 0.3 is 5.97 Å². The van der Waals surface area contributed by atoms with Crippen molar-refractivity contribution in [2.75, 3.05) is 0 Å². The molecule has 0 saturated carbocycles. The van der Waals surface area contributed by atoms with Crippen LogP contribution in [-0.4, -0.2) is 22.3 Å². The van der Waals surface area contributed by atoms with Gasteiger partial charge in [0.25, 0.3) is 0 Å². The molecule has 0 fully saturated rings. The van der Waals surface area contributed by atoms with Gasteiger partial charge in [0.1, 0.15) is 0 Å². The van der Waals surface area contributed by atoms with E-state index in [0.717, 1.165) is 5.56 Å². The second kappa shape index (κ2) is 5.65. The molecule has 0 aromatic carbocycles. The van der Waals surface area contributed by atoms with Crippen molar-refractivity contribution in [3.63, 3.8) is 0 Å². The van der Waals surface area contributed by atoms with E-state index >= 15 is 0 Å². The zero-order valence-corrected chi connectivity index (χ0v) is 8.92. The average Bonchev–Trinajstić information content (AvgIpc) is 2.24. The Kier molecular flexibility index (Phi) is 4.20. The lowest BCUT2D eigenvalue weighted by atomic mass is 10.2. The lowest BCUT2D eigenvalue weighted by Crippen LogP contribution is -2.00. The molecule has 0 aliphatic heterocycles. The van der Waals surface area contributed by atoms with Gasteiger partial charge in [0.15, 0.2) is 5.82 Å². The fourth-order valence-corrected chi connectivity index (χ4v) is 1.06. The highest BCUT2D eigenvalue weighted by Gasteiger charge is 2.00. The van der Waals surface area contributed by atoms with Crippen molar-refractivity contribution in [3.05, 3.63) is 35.7 Å². The third-order valence-electron chi connectivity index (χ3n) is 1.83. The molecule has 0 radical (unpaired) electrons. The lowest BCUT2D eigenvalue weighted by Gasteiger charge is -1.96. The summed E-state index contributed by atoms with van der Waals surface area (Å²) in [4.78, 5) is 18.5. The van der Waals surface area contributed by atoms with Crippen molar-refractivity contribution in [1.29, 1.82) is 0 Å². The minimum atomic E-state index is -0.944. The summed E-state index contributed by atoms with van der Waals surface area (Å²) in [5.41, 5.74) is 6.76. The molecule has 0 spiro atoms. The zero-order valence-electron chi connectivity index (χ0n) is 8.92. The van der Waals surface area contributed by atoms with E-state index in [9.17, 15) is 4.79 Å². The van der Waals surface area contributed by atoms with Gasteiger partial charge in [0.05, 0.1) is 6.42 Å². The Labute approximate surface area is 93.3 Å². The summed E-state index contributed by atoms with van der Waals surface area (Å²) in [7, 11) is 0. The van der Waals surface area contributed by atoms with Crippen LogP contribution in [0.15, 0.2) is 35.1 Å². The normalized spacial score (nSPS) is 11.9. The third kappa shape index (κ3) is 3.91. The third-order valence-corrected chi connectivity index (χ3v) is 1.83. The Bertz CT molecular complexity index is 439. The van der Waals surface area contributed by atoms with Crippen LogP contribution in [0.1, 0.15) is 12.0 Å². The van der Waals surface area contributed by atoms with Crippen LogP contribution < -0.4 is 5.73 Å². The number of hydrogen-bond acceptors (Lipinski definition) is 4. The van der Waals surface area contributed by atoms with Gasteiger partial charge < -0.3 is 10.8 Å². The van der Waals surface area contributed by atoms with E-state index in [0.29, 0.717) is 11.4 Å². The summed E-state index contributed by atoms with van der Waals surface area (Å²) < 4.78 is 0. The quantitative estimate of drug-likeness (QED) is 0.749. The van der Waals surface area contributed by atoms with Crippen molar-refractivity contribution in [1.82, 2.24) is 4.98 Å². The first-order chi connectivity index (χ1) is 7.61. The van der Waals surface area contributed by atoms with Crippen LogP contribution >= 0.6 is 0 Å². The Morgan fingerprint density at radius 1 is 1.69 bits per heavy atom. The Morgan fingerprint density at radius 3 is 3.00 bits per heavy atom. The molecule has 1 heterocycles. The monoisotopic (exact) mass is 219 g/mol. The highest BCUT2D eigenvalue weighted by atomic mass is 16.4. The standard InChI is InChI=1S/C11H13N3O2/c1-8-2-3-13-10(4-8)14-7-9(6-12)5-11(15)16/h2-4,6-7H,5,12H2,1H3,(H,15,16)/b9-6-,14-7?. The van der Waals surface area contributed by atoms with Crippen LogP contribution in [0.25, 0.3) is 0 Å². The molecule has 0 saturated heterocycles. The summed E-state index contributed by atoms with van der Waals surface area (Å²) in [6.07, 6.45) is 4.14. The minimum absolute atomic E-state index is 0.147. The molecular formula is C11H13N3O2. The van der Waals surface area contributed by atoms with Gasteiger partial charge in [0.2, 0.25) is 0 Å². The average molecular weight is 219 g/mol. The molecule has 5 nitrogen and oxygen atoms in total. The number of hydrogen-bond donors (Lipinski definition) is 2. The smallest absolute Gasteiger partial charge is 0.307 e. The van der Waals surface area contributed by atoms with E-state index in [2.05, 4.69) is 9.98 Å². The SMILES string of the molecule is Cc1ccnc(N=C/C(=C\N)CC(=O)O)c1. The van der Waals surface area contributed by atoms with Crippen LogP contribution in [0.4, 0.5) is 5.82 Å². The molecule has 16 heavy (non-hydrogen) atoms. The van der Waals surface area contributed by atoms with Gasteiger partial charge in [-0.2, -0.15) is 0 Å². The van der Waals surface area contributed by atoms with E-state index in [-0.39, 0.29) is 6.42 Å². The molecule has 0 unspecified atom stereocenters. The fourth-order valence-electron chi connectivity index (χ4n) is 1.06. The zero-order chi connectivity index (χ0) is 12.0. The van der Waals surface area contributed by atoms with Crippen molar-refractivity contribution in [3.8, 4) is 0 Å². The van der Waals surface area contributed by atoms with Crippen LogP contribution in [0.3, 0.4) is 0 Å². The molecule has 0 atom stereocenters. The van der Waals surface area contributed by atoms with Crippen molar-refractivity contribution in [2.45, 2.75) is 13.3 Å². The van der Waals surface area contributed by atoms with Crippen LogP contribution in [0.5, 0.6) is 0 Å².